The van der Waals surface area contributed by atoms with Crippen LogP contribution in [0.1, 0.15) is 98.5 Å². The van der Waals surface area contributed by atoms with Crippen molar-refractivity contribution in [3.63, 3.8) is 0 Å². The van der Waals surface area contributed by atoms with Crippen molar-refractivity contribution in [3.05, 3.63) is 35.9 Å². The lowest BCUT2D eigenvalue weighted by atomic mass is 9.98. The van der Waals surface area contributed by atoms with E-state index in [9.17, 15) is 43.8 Å². The molecule has 0 saturated carbocycles. The van der Waals surface area contributed by atoms with Gasteiger partial charge in [0.15, 0.2) is 0 Å². The van der Waals surface area contributed by atoms with E-state index in [0.29, 0.717) is 25.8 Å². The molecule has 11 N–H and O–H groups in total. The highest BCUT2D eigenvalue weighted by Crippen LogP contribution is 2.13. The van der Waals surface area contributed by atoms with E-state index in [0.717, 1.165) is 5.56 Å². The largest absolute Gasteiger partial charge is 0.481 e. The standard InChI is InChI=1S/C38H63N7O9/c1-7-24(6)32(38(53)54)45-35(50)28(16-17-31(46)47)42-34(49)27(15-11-12-18-39)41-36(51)30(20-23(4)5)44-37(52)29(19-22(2)3)43-33(48)26(40)21-25-13-9-8-10-14-25/h8-10,13-14,22-24,26-30,32H,7,11-12,15-21,39-40H2,1-6H3,(H,41,51)(H,42,49)(H,43,48)(H,44,52)(H,45,50)(H,46,47)(H,53,54)/t24-,26-,27-,28-,29-,30-,32-/m0/s1. The zero-order valence-corrected chi connectivity index (χ0v) is 32.6. The monoisotopic (exact) mass is 761 g/mol. The van der Waals surface area contributed by atoms with Crippen molar-refractivity contribution in [2.45, 2.75) is 136 Å². The highest BCUT2D eigenvalue weighted by molar-refractivity contribution is 5.96. The van der Waals surface area contributed by atoms with Crippen LogP contribution < -0.4 is 38.1 Å². The Kier molecular flexibility index (Phi) is 21.7. The number of amides is 5. The van der Waals surface area contributed by atoms with E-state index >= 15 is 0 Å². The number of rotatable bonds is 26. The summed E-state index contributed by atoms with van der Waals surface area (Å²) in [6.07, 6.45) is 1.29. The fourth-order valence-electron chi connectivity index (χ4n) is 5.70. The second kappa shape index (κ2) is 24.7. The van der Waals surface area contributed by atoms with Gasteiger partial charge in [-0.15, -0.1) is 0 Å². The van der Waals surface area contributed by atoms with Crippen molar-refractivity contribution in [1.82, 2.24) is 26.6 Å². The molecule has 5 amide bonds. The van der Waals surface area contributed by atoms with Gasteiger partial charge in [0.1, 0.15) is 30.2 Å². The van der Waals surface area contributed by atoms with Gasteiger partial charge in [0, 0.05) is 6.42 Å². The Bertz CT molecular complexity index is 1380. The molecule has 0 saturated heterocycles. The van der Waals surface area contributed by atoms with Crippen LogP contribution in [0.15, 0.2) is 30.3 Å². The Balaban J connectivity index is 3.27. The van der Waals surface area contributed by atoms with E-state index in [1.165, 1.54) is 0 Å². The molecule has 0 radical (unpaired) electrons. The van der Waals surface area contributed by atoms with Crippen molar-refractivity contribution >= 4 is 41.5 Å². The number of hydrogen-bond acceptors (Lipinski definition) is 9. The summed E-state index contributed by atoms with van der Waals surface area (Å²) in [5, 5.41) is 32.1. The van der Waals surface area contributed by atoms with Gasteiger partial charge in [-0.2, -0.15) is 0 Å². The fraction of sp³-hybridized carbons (Fsp3) is 0.658. The average molecular weight is 762 g/mol. The van der Waals surface area contributed by atoms with Crippen LogP contribution in [0.25, 0.3) is 0 Å². The predicted octanol–water partition coefficient (Wildman–Crippen LogP) is 1.20. The molecule has 0 aromatic heterocycles. The molecule has 7 atom stereocenters. The summed E-state index contributed by atoms with van der Waals surface area (Å²) in [5.41, 5.74) is 12.7. The molecule has 0 unspecified atom stereocenters. The van der Waals surface area contributed by atoms with Crippen LogP contribution in [-0.4, -0.2) is 94.5 Å². The van der Waals surface area contributed by atoms with Gasteiger partial charge in [-0.1, -0.05) is 78.3 Å². The van der Waals surface area contributed by atoms with Crippen LogP contribution in [0.2, 0.25) is 0 Å². The zero-order chi connectivity index (χ0) is 41.0. The molecule has 304 valence electrons. The Morgan fingerprint density at radius 1 is 0.648 bits per heavy atom. The van der Waals surface area contributed by atoms with Gasteiger partial charge in [0.05, 0.1) is 6.04 Å². The van der Waals surface area contributed by atoms with Crippen molar-refractivity contribution in [2.24, 2.45) is 29.2 Å². The number of carboxylic acids is 2. The first-order valence-corrected chi connectivity index (χ1v) is 18.9. The van der Waals surface area contributed by atoms with Crippen LogP contribution in [0, 0.1) is 17.8 Å². The summed E-state index contributed by atoms with van der Waals surface area (Å²) in [7, 11) is 0. The molecule has 0 heterocycles. The number of carbonyl (C=O) groups is 7. The Morgan fingerprint density at radius 3 is 1.57 bits per heavy atom. The third-order valence-corrected chi connectivity index (χ3v) is 8.95. The molecule has 0 bridgehead atoms. The third-order valence-electron chi connectivity index (χ3n) is 8.95. The number of nitrogens with one attached hydrogen (secondary N) is 5. The normalized spacial score (nSPS) is 15.1. The SMILES string of the molecule is CC[C@H](C)[C@H](NC(=O)[C@H](CCC(=O)O)NC(=O)[C@H](CCCCN)NC(=O)[C@H](CC(C)C)NC(=O)[C@H](CC(C)C)NC(=O)[C@@H](N)Cc1ccccc1)C(=O)O. The first-order chi connectivity index (χ1) is 25.4. The summed E-state index contributed by atoms with van der Waals surface area (Å²) in [5.74, 6) is -6.56. The van der Waals surface area contributed by atoms with Crippen LogP contribution in [-0.2, 0) is 40.0 Å². The highest BCUT2D eigenvalue weighted by Gasteiger charge is 2.34. The minimum absolute atomic E-state index is 0.0124. The van der Waals surface area contributed by atoms with Crippen molar-refractivity contribution in [2.75, 3.05) is 6.54 Å². The summed E-state index contributed by atoms with van der Waals surface area (Å²) in [4.78, 5) is 90.9. The molecule has 16 heteroatoms. The van der Waals surface area contributed by atoms with Gasteiger partial charge in [0.2, 0.25) is 29.5 Å². The quantitative estimate of drug-likeness (QED) is 0.0605. The van der Waals surface area contributed by atoms with Gasteiger partial charge in [0.25, 0.3) is 0 Å². The van der Waals surface area contributed by atoms with Crippen LogP contribution in [0.3, 0.4) is 0 Å². The lowest BCUT2D eigenvalue weighted by Gasteiger charge is -2.28. The maximum absolute atomic E-state index is 13.8. The molecule has 0 aliphatic carbocycles. The topological polar surface area (TPSA) is 272 Å². The summed E-state index contributed by atoms with van der Waals surface area (Å²) < 4.78 is 0. The first-order valence-electron chi connectivity index (χ1n) is 18.9. The van der Waals surface area contributed by atoms with E-state index in [2.05, 4.69) is 26.6 Å². The fourth-order valence-corrected chi connectivity index (χ4v) is 5.70. The van der Waals surface area contributed by atoms with E-state index in [1.54, 1.807) is 13.8 Å². The molecule has 1 aromatic rings. The molecule has 1 aromatic carbocycles. The second-order valence-electron chi connectivity index (χ2n) is 14.7. The molecule has 0 aliphatic rings. The average Bonchev–Trinajstić information content (AvgIpc) is 3.10. The van der Waals surface area contributed by atoms with Crippen LogP contribution >= 0.6 is 0 Å². The first kappa shape index (κ1) is 47.5. The van der Waals surface area contributed by atoms with Crippen molar-refractivity contribution in [3.8, 4) is 0 Å². The lowest BCUT2D eigenvalue weighted by molar-refractivity contribution is -0.144. The summed E-state index contributed by atoms with van der Waals surface area (Å²) in [6.45, 7) is 11.2. The molecule has 1 rings (SSSR count). The molecule has 0 spiro atoms. The maximum atomic E-state index is 13.8. The van der Waals surface area contributed by atoms with E-state index in [-0.39, 0.29) is 43.9 Å². The summed E-state index contributed by atoms with van der Waals surface area (Å²) in [6, 6.07) is 2.23. The smallest absolute Gasteiger partial charge is 0.326 e. The summed E-state index contributed by atoms with van der Waals surface area (Å²) >= 11 is 0. The molecular formula is C38H63N7O9. The Hall–Kier alpha value is -4.57. The van der Waals surface area contributed by atoms with Gasteiger partial charge < -0.3 is 48.3 Å². The van der Waals surface area contributed by atoms with Gasteiger partial charge >= 0.3 is 11.9 Å². The Labute approximate surface area is 318 Å². The molecule has 0 aliphatic heterocycles. The van der Waals surface area contributed by atoms with Gasteiger partial charge in [-0.25, -0.2) is 4.79 Å². The van der Waals surface area contributed by atoms with Gasteiger partial charge in [-0.3, -0.25) is 28.8 Å². The maximum Gasteiger partial charge on any atom is 0.326 e. The molecule has 16 nitrogen and oxygen atoms in total. The van der Waals surface area contributed by atoms with Gasteiger partial charge in [-0.05, 0) is 74.8 Å². The molecular weight excluding hydrogens is 698 g/mol. The lowest BCUT2D eigenvalue weighted by Crippen LogP contribution is -2.59. The highest BCUT2D eigenvalue weighted by atomic mass is 16.4. The van der Waals surface area contributed by atoms with E-state index in [1.807, 2.05) is 58.0 Å². The molecule has 0 fully saturated rings. The number of nitrogens with two attached hydrogens (primary N) is 2. The predicted molar refractivity (Wildman–Crippen MR) is 204 cm³/mol. The number of carbonyl (C=O) groups excluding carboxylic acids is 5. The Morgan fingerprint density at radius 2 is 1.11 bits per heavy atom. The minimum atomic E-state index is -1.42. The van der Waals surface area contributed by atoms with E-state index < -0.39 is 90.1 Å². The zero-order valence-electron chi connectivity index (χ0n) is 32.6. The van der Waals surface area contributed by atoms with Crippen LogP contribution in [0.4, 0.5) is 0 Å². The van der Waals surface area contributed by atoms with Crippen LogP contribution in [0.5, 0.6) is 0 Å². The second-order valence-corrected chi connectivity index (χ2v) is 14.7. The minimum Gasteiger partial charge on any atom is -0.481 e. The van der Waals surface area contributed by atoms with E-state index in [4.69, 9.17) is 11.5 Å². The molecule has 54 heavy (non-hydrogen) atoms. The number of benzene rings is 1. The number of hydrogen-bond donors (Lipinski definition) is 9. The number of unbranched alkanes of at least 4 members (excludes halogenated alkanes) is 1. The third kappa shape index (κ3) is 18.0. The number of carboxylic acid groups (broad SMARTS) is 2. The number of aliphatic carboxylic acids is 2. The van der Waals surface area contributed by atoms with Crippen molar-refractivity contribution in [1.29, 1.82) is 0 Å². The van der Waals surface area contributed by atoms with Crippen molar-refractivity contribution < 1.29 is 43.8 Å².